The second kappa shape index (κ2) is 8.30. The van der Waals surface area contributed by atoms with Crippen molar-refractivity contribution in [1.82, 2.24) is 5.43 Å². The number of amidine groups is 1. The van der Waals surface area contributed by atoms with E-state index >= 15 is 0 Å². The van der Waals surface area contributed by atoms with Crippen molar-refractivity contribution in [3.05, 3.63) is 29.8 Å². The predicted octanol–water partition coefficient (Wildman–Crippen LogP) is 2.61. The van der Waals surface area contributed by atoms with E-state index in [0.717, 1.165) is 47.3 Å². The van der Waals surface area contributed by atoms with Gasteiger partial charge in [-0.1, -0.05) is 30.8 Å². The van der Waals surface area contributed by atoms with Crippen LogP contribution < -0.4 is 10.7 Å². The number of anilines is 1. The maximum atomic E-state index is 11.4. The van der Waals surface area contributed by atoms with Crippen LogP contribution >= 0.6 is 11.8 Å². The van der Waals surface area contributed by atoms with E-state index in [2.05, 4.69) is 20.8 Å². The lowest BCUT2D eigenvalue weighted by atomic mass is 10.1. The van der Waals surface area contributed by atoms with Crippen LogP contribution in [0.5, 0.6) is 0 Å². The largest absolute Gasteiger partial charge is 0.376 e. The summed E-state index contributed by atoms with van der Waals surface area (Å²) in [7, 11) is 0. The van der Waals surface area contributed by atoms with Crippen LogP contribution in [0.3, 0.4) is 0 Å². The first-order valence-corrected chi connectivity index (χ1v) is 9.25. The predicted molar refractivity (Wildman–Crippen MR) is 98.8 cm³/mol. The number of hydrogen-bond donors (Lipinski definition) is 2. The Morgan fingerprint density at radius 2 is 2.29 bits per heavy atom. The normalized spacial score (nSPS) is 22.1. The maximum Gasteiger partial charge on any atom is 0.224 e. The molecule has 1 aromatic rings. The highest BCUT2D eigenvalue weighted by atomic mass is 32.2. The molecule has 1 saturated heterocycles. The monoisotopic (exact) mass is 346 g/mol. The fourth-order valence-electron chi connectivity index (χ4n) is 2.51. The number of amides is 1. The number of nitrogens with one attached hydrogen (secondary N) is 2. The van der Waals surface area contributed by atoms with Gasteiger partial charge in [0, 0.05) is 24.5 Å². The molecule has 0 aromatic heterocycles. The van der Waals surface area contributed by atoms with Crippen LogP contribution in [0, 0.1) is 0 Å². The summed E-state index contributed by atoms with van der Waals surface area (Å²) in [6.45, 7) is 3.39. The molecule has 0 saturated carbocycles. The highest BCUT2D eigenvalue weighted by Crippen LogP contribution is 2.17. The first-order valence-electron chi connectivity index (χ1n) is 8.26. The molecule has 3 rings (SSSR count). The van der Waals surface area contributed by atoms with E-state index in [4.69, 9.17) is 4.74 Å². The van der Waals surface area contributed by atoms with E-state index in [-0.39, 0.29) is 12.0 Å². The minimum absolute atomic E-state index is 0.0158. The highest BCUT2D eigenvalue weighted by Gasteiger charge is 2.17. The summed E-state index contributed by atoms with van der Waals surface area (Å²) in [6.07, 6.45) is 2.96. The van der Waals surface area contributed by atoms with Crippen molar-refractivity contribution < 1.29 is 9.53 Å². The van der Waals surface area contributed by atoms with Gasteiger partial charge in [-0.15, -0.1) is 0 Å². The topological polar surface area (TPSA) is 75.1 Å². The number of carbonyl (C=O) groups excluding carboxylic acids is 1. The van der Waals surface area contributed by atoms with Gasteiger partial charge in [0.25, 0.3) is 0 Å². The molecule has 1 fully saturated rings. The molecule has 1 atom stereocenters. The van der Waals surface area contributed by atoms with Gasteiger partial charge in [0.15, 0.2) is 5.17 Å². The van der Waals surface area contributed by atoms with Crippen LogP contribution in [0.2, 0.25) is 0 Å². The van der Waals surface area contributed by atoms with Crippen molar-refractivity contribution in [1.29, 1.82) is 0 Å². The molecule has 0 bridgehead atoms. The van der Waals surface area contributed by atoms with Crippen LogP contribution in [0.15, 0.2) is 34.4 Å². The Hall–Kier alpha value is -1.86. The Morgan fingerprint density at radius 1 is 1.46 bits per heavy atom. The number of hydrogen-bond acceptors (Lipinski definition) is 5. The zero-order valence-electron chi connectivity index (χ0n) is 13.7. The lowest BCUT2D eigenvalue weighted by molar-refractivity contribution is -0.115. The molecule has 0 unspecified atom stereocenters. The number of hydrazone groups is 1. The van der Waals surface area contributed by atoms with Crippen molar-refractivity contribution in [2.24, 2.45) is 10.1 Å². The Bertz CT molecular complexity index is 636. The number of aliphatic imine (C=N–C) groups is 1. The summed E-state index contributed by atoms with van der Waals surface area (Å²) >= 11 is 1.65. The van der Waals surface area contributed by atoms with Crippen LogP contribution in [0.25, 0.3) is 0 Å². The Labute approximate surface area is 146 Å². The maximum absolute atomic E-state index is 11.4. The van der Waals surface area contributed by atoms with Crippen molar-refractivity contribution in [3.63, 3.8) is 0 Å². The van der Waals surface area contributed by atoms with Gasteiger partial charge in [0.05, 0.1) is 18.4 Å². The molecular weight excluding hydrogens is 324 g/mol. The second-order valence-corrected chi connectivity index (χ2v) is 6.68. The van der Waals surface area contributed by atoms with Crippen LogP contribution in [0.1, 0.15) is 31.7 Å². The molecule has 24 heavy (non-hydrogen) atoms. The molecular formula is C17H22N4O2S. The van der Waals surface area contributed by atoms with Crippen molar-refractivity contribution in [3.8, 4) is 0 Å². The minimum Gasteiger partial charge on any atom is -0.376 e. The van der Waals surface area contributed by atoms with Gasteiger partial charge >= 0.3 is 0 Å². The summed E-state index contributed by atoms with van der Waals surface area (Å²) in [5.41, 5.74) is 5.85. The molecule has 6 nitrogen and oxygen atoms in total. The van der Waals surface area contributed by atoms with E-state index in [1.165, 1.54) is 0 Å². The van der Waals surface area contributed by atoms with Crippen molar-refractivity contribution in [2.45, 2.75) is 32.3 Å². The standard InChI is InChI=1S/C17H22N4O2S/c1-2-16(22)19-13-7-5-12(6-8-13)15-11-24-17(21-20-15)18-10-14-4-3-9-23-14/h5-8,14H,2-4,9-11H2,1H3,(H,18,21)(H,19,22)/t14-/m0/s1. The summed E-state index contributed by atoms with van der Waals surface area (Å²) in [4.78, 5) is 15.9. The Morgan fingerprint density at radius 3 is 2.92 bits per heavy atom. The highest BCUT2D eigenvalue weighted by molar-refractivity contribution is 8.14. The first kappa shape index (κ1) is 17.0. The minimum atomic E-state index is 0.0158. The van der Waals surface area contributed by atoms with Crippen LogP contribution in [-0.4, -0.2) is 41.8 Å². The molecule has 2 N–H and O–H groups in total. The number of nitrogens with zero attached hydrogens (tertiary/aromatic N) is 2. The Balaban J connectivity index is 1.56. The Kier molecular flexibility index (Phi) is 5.87. The van der Waals surface area contributed by atoms with E-state index in [1.807, 2.05) is 31.2 Å². The molecule has 2 heterocycles. The first-order chi connectivity index (χ1) is 11.7. The molecule has 2 aliphatic heterocycles. The number of ether oxygens (including phenoxy) is 1. The van der Waals surface area contributed by atoms with E-state index in [1.54, 1.807) is 11.8 Å². The SMILES string of the molecule is CCC(=O)Nc1ccc(C2=NNC(=NC[C@@H]3CCCO3)SC2)cc1. The van der Waals surface area contributed by atoms with Gasteiger partial charge < -0.3 is 10.1 Å². The molecule has 128 valence electrons. The quantitative estimate of drug-likeness (QED) is 0.859. The fraction of sp³-hybridized carbons (Fsp3) is 0.471. The molecule has 1 amide bonds. The molecule has 7 heteroatoms. The van der Waals surface area contributed by atoms with E-state index in [0.29, 0.717) is 13.0 Å². The molecule has 0 spiro atoms. The summed E-state index contributed by atoms with van der Waals surface area (Å²) in [5.74, 6) is 0.792. The molecule has 0 aliphatic carbocycles. The van der Waals surface area contributed by atoms with Gasteiger partial charge in [0.2, 0.25) is 5.91 Å². The molecule has 0 radical (unpaired) electrons. The van der Waals surface area contributed by atoms with Crippen molar-refractivity contribution >= 4 is 34.2 Å². The number of rotatable bonds is 5. The van der Waals surface area contributed by atoms with E-state index in [9.17, 15) is 4.79 Å². The number of thioether (sulfide) groups is 1. The number of benzene rings is 1. The third-order valence-electron chi connectivity index (χ3n) is 3.92. The summed E-state index contributed by atoms with van der Waals surface area (Å²) < 4.78 is 5.57. The average molecular weight is 346 g/mol. The van der Waals surface area contributed by atoms with Gasteiger partial charge in [-0.2, -0.15) is 5.10 Å². The summed E-state index contributed by atoms with van der Waals surface area (Å²) in [5, 5.41) is 8.11. The van der Waals surface area contributed by atoms with Crippen molar-refractivity contribution in [2.75, 3.05) is 24.2 Å². The lowest BCUT2D eigenvalue weighted by Gasteiger charge is -2.16. The second-order valence-electron chi connectivity index (χ2n) is 5.72. The third kappa shape index (κ3) is 4.58. The number of carbonyl (C=O) groups is 1. The average Bonchev–Trinajstić information content (AvgIpc) is 3.14. The van der Waals surface area contributed by atoms with E-state index < -0.39 is 0 Å². The zero-order chi connectivity index (χ0) is 16.8. The van der Waals surface area contributed by atoms with Crippen LogP contribution in [0.4, 0.5) is 5.69 Å². The molecule has 1 aromatic carbocycles. The zero-order valence-corrected chi connectivity index (χ0v) is 14.6. The van der Waals surface area contributed by atoms with Gasteiger partial charge in [-0.05, 0) is 30.5 Å². The fourth-order valence-corrected chi connectivity index (χ4v) is 3.29. The van der Waals surface area contributed by atoms with Crippen LogP contribution in [-0.2, 0) is 9.53 Å². The summed E-state index contributed by atoms with van der Waals surface area (Å²) in [6, 6.07) is 7.75. The molecule has 2 aliphatic rings. The third-order valence-corrected chi connectivity index (χ3v) is 4.83. The van der Waals surface area contributed by atoms with Gasteiger partial charge in [-0.25, -0.2) is 0 Å². The van der Waals surface area contributed by atoms with Gasteiger partial charge in [0.1, 0.15) is 0 Å². The lowest BCUT2D eigenvalue weighted by Crippen LogP contribution is -2.26. The smallest absolute Gasteiger partial charge is 0.224 e. The van der Waals surface area contributed by atoms with Gasteiger partial charge in [-0.3, -0.25) is 15.2 Å².